The van der Waals surface area contributed by atoms with E-state index in [0.717, 1.165) is 18.5 Å². The second-order valence-electron chi connectivity index (χ2n) is 5.43. The number of nitrogens with two attached hydrogens (primary N) is 1. The molecule has 2 N–H and O–H groups in total. The van der Waals surface area contributed by atoms with E-state index in [4.69, 9.17) is 5.73 Å². The minimum atomic E-state index is 0.184. The Morgan fingerprint density at radius 3 is 2.60 bits per heavy atom. The van der Waals surface area contributed by atoms with E-state index in [1.54, 1.807) is 0 Å². The zero-order valence-corrected chi connectivity index (χ0v) is 11.4. The van der Waals surface area contributed by atoms with Gasteiger partial charge in [-0.05, 0) is 38.5 Å². The van der Waals surface area contributed by atoms with Gasteiger partial charge in [0.1, 0.15) is 0 Å². The van der Waals surface area contributed by atoms with Crippen molar-refractivity contribution >= 4 is 11.8 Å². The van der Waals surface area contributed by atoms with E-state index in [2.05, 4.69) is 44.5 Å². The molecule has 2 nitrogen and oxygen atoms in total. The van der Waals surface area contributed by atoms with E-state index in [-0.39, 0.29) is 5.54 Å². The number of hydrogen-bond donors (Lipinski definition) is 1. The summed E-state index contributed by atoms with van der Waals surface area (Å²) >= 11 is 2.07. The van der Waals surface area contributed by atoms with Crippen molar-refractivity contribution in [1.29, 1.82) is 0 Å². The molecule has 90 valence electrons. The first-order chi connectivity index (χ1) is 6.99. The zero-order valence-electron chi connectivity index (χ0n) is 10.6. The largest absolute Gasteiger partial charge is 0.329 e. The van der Waals surface area contributed by atoms with Crippen LogP contribution >= 0.6 is 11.8 Å². The maximum absolute atomic E-state index is 5.98. The molecule has 3 heteroatoms. The van der Waals surface area contributed by atoms with Gasteiger partial charge in [-0.25, -0.2) is 0 Å². The molecule has 1 fully saturated rings. The fraction of sp³-hybridized carbons (Fsp3) is 1.00. The van der Waals surface area contributed by atoms with Gasteiger partial charge >= 0.3 is 0 Å². The van der Waals surface area contributed by atoms with Crippen molar-refractivity contribution in [3.05, 3.63) is 0 Å². The lowest BCUT2D eigenvalue weighted by molar-refractivity contribution is 0.0833. The van der Waals surface area contributed by atoms with Gasteiger partial charge in [0.2, 0.25) is 0 Å². The van der Waals surface area contributed by atoms with Gasteiger partial charge in [0.25, 0.3) is 0 Å². The first-order valence-electron chi connectivity index (χ1n) is 6.00. The number of rotatable bonds is 5. The molecule has 0 amide bonds. The van der Waals surface area contributed by atoms with E-state index < -0.39 is 0 Å². The van der Waals surface area contributed by atoms with Gasteiger partial charge in [0.15, 0.2) is 0 Å². The highest BCUT2D eigenvalue weighted by Crippen LogP contribution is 2.29. The molecule has 0 spiro atoms. The van der Waals surface area contributed by atoms with Crippen molar-refractivity contribution < 1.29 is 0 Å². The van der Waals surface area contributed by atoms with Crippen LogP contribution in [0.5, 0.6) is 0 Å². The molecular formula is C12H26N2S. The van der Waals surface area contributed by atoms with Crippen LogP contribution in [0.4, 0.5) is 0 Å². The Bertz CT molecular complexity index is 190. The average molecular weight is 230 g/mol. The molecule has 1 rings (SSSR count). The number of hydrogen-bond acceptors (Lipinski definition) is 3. The first-order valence-corrected chi connectivity index (χ1v) is 7.16. The maximum Gasteiger partial charge on any atom is 0.0306 e. The molecule has 0 aromatic carbocycles. The summed E-state index contributed by atoms with van der Waals surface area (Å²) in [5.41, 5.74) is 6.16. The normalized spacial score (nSPS) is 26.2. The number of likely N-dealkylation sites (N-methyl/N-ethyl adjacent to an activating group) is 1. The lowest BCUT2D eigenvalue weighted by Gasteiger charge is -2.42. The van der Waals surface area contributed by atoms with Crippen LogP contribution in [0.15, 0.2) is 0 Å². The minimum absolute atomic E-state index is 0.184. The Morgan fingerprint density at radius 2 is 2.20 bits per heavy atom. The monoisotopic (exact) mass is 230 g/mol. The van der Waals surface area contributed by atoms with E-state index >= 15 is 0 Å². The van der Waals surface area contributed by atoms with Gasteiger partial charge in [-0.2, -0.15) is 11.8 Å². The van der Waals surface area contributed by atoms with Crippen LogP contribution < -0.4 is 5.73 Å². The third kappa shape index (κ3) is 3.36. The molecule has 2 atom stereocenters. The summed E-state index contributed by atoms with van der Waals surface area (Å²) in [6.45, 7) is 7.65. The van der Waals surface area contributed by atoms with Crippen LogP contribution in [-0.2, 0) is 0 Å². The molecule has 0 aromatic rings. The predicted octanol–water partition coefficient (Wildman–Crippen LogP) is 2.19. The molecular weight excluding hydrogens is 204 g/mol. The van der Waals surface area contributed by atoms with Gasteiger partial charge in [0, 0.05) is 23.9 Å². The van der Waals surface area contributed by atoms with Crippen molar-refractivity contribution in [2.24, 2.45) is 11.7 Å². The van der Waals surface area contributed by atoms with Gasteiger partial charge in [-0.1, -0.05) is 13.8 Å². The molecule has 2 unspecified atom stereocenters. The predicted molar refractivity (Wildman–Crippen MR) is 70.4 cm³/mol. The summed E-state index contributed by atoms with van der Waals surface area (Å²) in [5, 5.41) is 0. The van der Waals surface area contributed by atoms with Crippen molar-refractivity contribution in [2.45, 2.75) is 45.2 Å². The molecule has 0 aromatic heterocycles. The van der Waals surface area contributed by atoms with Crippen molar-refractivity contribution in [3.63, 3.8) is 0 Å². The summed E-state index contributed by atoms with van der Waals surface area (Å²) < 4.78 is 0. The summed E-state index contributed by atoms with van der Waals surface area (Å²) in [5.74, 6) is 3.32. The molecule has 0 radical (unpaired) electrons. The average Bonchev–Trinajstić information content (AvgIpc) is 2.68. The van der Waals surface area contributed by atoms with Crippen molar-refractivity contribution in [3.8, 4) is 0 Å². The molecule has 15 heavy (non-hydrogen) atoms. The van der Waals surface area contributed by atoms with E-state index in [1.165, 1.54) is 24.3 Å². The Hall–Kier alpha value is 0.270. The van der Waals surface area contributed by atoms with Crippen LogP contribution in [0.2, 0.25) is 0 Å². The van der Waals surface area contributed by atoms with Crippen LogP contribution in [0.25, 0.3) is 0 Å². The maximum atomic E-state index is 5.98. The van der Waals surface area contributed by atoms with Crippen LogP contribution in [-0.4, -0.2) is 41.6 Å². The summed E-state index contributed by atoms with van der Waals surface area (Å²) in [6.07, 6.45) is 2.52. The Kier molecular flexibility index (Phi) is 4.94. The van der Waals surface area contributed by atoms with Crippen molar-refractivity contribution in [2.75, 3.05) is 25.1 Å². The Balaban J connectivity index is 2.62. The second-order valence-corrected chi connectivity index (χ2v) is 6.58. The molecule has 1 aliphatic heterocycles. The standard InChI is InChI=1S/C12H26N2S/c1-10(2)7-12(3,9-13)14(4)11-5-6-15-8-11/h10-11H,5-9,13H2,1-4H3. The first kappa shape index (κ1) is 13.3. The Labute approximate surface area is 99.0 Å². The number of thioether (sulfide) groups is 1. The van der Waals surface area contributed by atoms with Crippen LogP contribution in [0, 0.1) is 5.92 Å². The highest BCUT2D eigenvalue weighted by molar-refractivity contribution is 7.99. The van der Waals surface area contributed by atoms with Crippen LogP contribution in [0.3, 0.4) is 0 Å². The smallest absolute Gasteiger partial charge is 0.0306 e. The number of nitrogens with zero attached hydrogens (tertiary/aromatic N) is 1. The fourth-order valence-electron chi connectivity index (χ4n) is 2.52. The lowest BCUT2D eigenvalue weighted by atomic mass is 9.88. The Morgan fingerprint density at radius 1 is 1.53 bits per heavy atom. The van der Waals surface area contributed by atoms with Crippen molar-refractivity contribution in [1.82, 2.24) is 4.90 Å². The molecule has 0 saturated carbocycles. The SMILES string of the molecule is CC(C)CC(C)(CN)N(C)C1CCSC1. The third-order valence-corrected chi connectivity index (χ3v) is 4.74. The highest BCUT2D eigenvalue weighted by Gasteiger charge is 2.34. The quantitative estimate of drug-likeness (QED) is 0.785. The highest BCUT2D eigenvalue weighted by atomic mass is 32.2. The topological polar surface area (TPSA) is 29.3 Å². The summed E-state index contributed by atoms with van der Waals surface area (Å²) in [4.78, 5) is 2.53. The molecule has 1 aliphatic rings. The van der Waals surface area contributed by atoms with E-state index in [0.29, 0.717) is 0 Å². The zero-order chi connectivity index (χ0) is 11.5. The summed E-state index contributed by atoms with van der Waals surface area (Å²) in [7, 11) is 2.26. The van der Waals surface area contributed by atoms with Gasteiger partial charge < -0.3 is 5.73 Å². The summed E-state index contributed by atoms with van der Waals surface area (Å²) in [6, 6.07) is 0.738. The molecule has 0 aliphatic carbocycles. The van der Waals surface area contributed by atoms with Crippen LogP contribution in [0.1, 0.15) is 33.6 Å². The molecule has 1 heterocycles. The third-order valence-electron chi connectivity index (χ3n) is 3.59. The van der Waals surface area contributed by atoms with Gasteiger partial charge in [-0.15, -0.1) is 0 Å². The molecule has 1 saturated heterocycles. The lowest BCUT2D eigenvalue weighted by Crippen LogP contribution is -2.54. The van der Waals surface area contributed by atoms with Gasteiger partial charge in [-0.3, -0.25) is 4.90 Å². The van der Waals surface area contributed by atoms with E-state index in [1.807, 2.05) is 0 Å². The molecule has 0 bridgehead atoms. The van der Waals surface area contributed by atoms with Gasteiger partial charge in [0.05, 0.1) is 0 Å². The minimum Gasteiger partial charge on any atom is -0.329 e. The second kappa shape index (κ2) is 5.55. The fourth-order valence-corrected chi connectivity index (χ4v) is 3.79. The van der Waals surface area contributed by atoms with E-state index in [9.17, 15) is 0 Å².